The number of ether oxygens (including phenoxy) is 2. The highest BCUT2D eigenvalue weighted by Gasteiger charge is 2.42. The number of hydrogen-bond donors (Lipinski definition) is 1. The van der Waals surface area contributed by atoms with Gasteiger partial charge in [0.2, 0.25) is 0 Å². The second-order valence-corrected chi connectivity index (χ2v) is 8.57. The highest BCUT2D eigenvalue weighted by Crippen LogP contribution is 2.45. The predicted molar refractivity (Wildman–Crippen MR) is 134 cm³/mol. The molecule has 0 saturated heterocycles. The molecule has 7 nitrogen and oxygen atoms in total. The molecule has 8 heteroatoms. The number of halogens is 1. The van der Waals surface area contributed by atoms with Gasteiger partial charge in [-0.05, 0) is 55.3 Å². The van der Waals surface area contributed by atoms with E-state index >= 15 is 0 Å². The summed E-state index contributed by atoms with van der Waals surface area (Å²) in [5.41, 5.74) is 4.75. The van der Waals surface area contributed by atoms with Crippen molar-refractivity contribution in [1.82, 2.24) is 20.1 Å². The Labute approximate surface area is 208 Å². The van der Waals surface area contributed by atoms with Crippen molar-refractivity contribution in [2.45, 2.75) is 26.4 Å². The number of pyridine rings is 1. The fraction of sp³-hybridized carbons (Fsp3) is 0.222. The molecule has 0 aliphatic carbocycles. The van der Waals surface area contributed by atoms with Crippen molar-refractivity contribution in [1.29, 1.82) is 0 Å². The number of rotatable bonds is 8. The van der Waals surface area contributed by atoms with Gasteiger partial charge in [-0.1, -0.05) is 35.9 Å². The van der Waals surface area contributed by atoms with Gasteiger partial charge in [-0.15, -0.1) is 0 Å². The molecule has 0 saturated carbocycles. The summed E-state index contributed by atoms with van der Waals surface area (Å²) in [7, 11) is 0. The number of aromatic nitrogens is 3. The van der Waals surface area contributed by atoms with Crippen LogP contribution in [0.2, 0.25) is 5.02 Å². The molecule has 1 amide bonds. The topological polar surface area (TPSA) is 80.3 Å². The first-order valence-corrected chi connectivity index (χ1v) is 11.9. The van der Waals surface area contributed by atoms with Gasteiger partial charge in [-0.2, -0.15) is 5.10 Å². The smallest absolute Gasteiger partial charge is 0.273 e. The standard InChI is InChI=1S/C27H25ClN4O3/c1-3-34-21-12-9-19(14-22(21)35-4-2)26-23-24(18-7-10-20(28)11-8-18)30-31-25(23)27(33)32(26)16-17-6-5-13-29-15-17/h5-15,26H,3-4,16H2,1-2H3,(H,30,31). The molecule has 3 heterocycles. The Hall–Kier alpha value is -3.84. The van der Waals surface area contributed by atoms with E-state index in [0.29, 0.717) is 42.0 Å². The van der Waals surface area contributed by atoms with Gasteiger partial charge < -0.3 is 14.4 Å². The molecular formula is C27H25ClN4O3. The zero-order valence-corrected chi connectivity index (χ0v) is 20.2. The highest BCUT2D eigenvalue weighted by molar-refractivity contribution is 6.30. The number of nitrogens with one attached hydrogen (secondary N) is 1. The minimum Gasteiger partial charge on any atom is -0.490 e. The Morgan fingerprint density at radius 3 is 2.51 bits per heavy atom. The molecule has 1 atom stereocenters. The van der Waals surface area contributed by atoms with Crippen LogP contribution in [0.3, 0.4) is 0 Å². The third-order valence-electron chi connectivity index (χ3n) is 5.94. The first-order valence-electron chi connectivity index (χ1n) is 11.5. The van der Waals surface area contributed by atoms with E-state index in [2.05, 4.69) is 15.2 Å². The lowest BCUT2D eigenvalue weighted by atomic mass is 9.95. The summed E-state index contributed by atoms with van der Waals surface area (Å²) in [5.74, 6) is 1.20. The number of carbonyl (C=O) groups is 1. The summed E-state index contributed by atoms with van der Waals surface area (Å²) in [5, 5.41) is 8.16. The molecule has 1 aliphatic heterocycles. The molecule has 2 aromatic carbocycles. The van der Waals surface area contributed by atoms with Crippen LogP contribution >= 0.6 is 11.6 Å². The van der Waals surface area contributed by atoms with E-state index in [-0.39, 0.29) is 11.9 Å². The lowest BCUT2D eigenvalue weighted by Crippen LogP contribution is -2.29. The number of fused-ring (bicyclic) bond motifs is 1. The zero-order valence-electron chi connectivity index (χ0n) is 19.5. The number of nitrogens with zero attached hydrogens (tertiary/aromatic N) is 3. The maximum atomic E-state index is 13.6. The molecule has 2 aromatic heterocycles. The van der Waals surface area contributed by atoms with Gasteiger partial charge in [0.15, 0.2) is 11.5 Å². The summed E-state index contributed by atoms with van der Waals surface area (Å²) < 4.78 is 11.7. The second kappa shape index (κ2) is 9.80. The molecule has 178 valence electrons. The highest BCUT2D eigenvalue weighted by atomic mass is 35.5. The van der Waals surface area contributed by atoms with Gasteiger partial charge in [-0.25, -0.2) is 0 Å². The largest absolute Gasteiger partial charge is 0.490 e. The fourth-order valence-corrected chi connectivity index (χ4v) is 4.59. The molecule has 1 unspecified atom stereocenters. The van der Waals surface area contributed by atoms with Crippen molar-refractivity contribution in [2.24, 2.45) is 0 Å². The molecule has 0 fully saturated rings. The van der Waals surface area contributed by atoms with Crippen LogP contribution in [0.5, 0.6) is 11.5 Å². The molecule has 35 heavy (non-hydrogen) atoms. The van der Waals surface area contributed by atoms with Crippen molar-refractivity contribution >= 4 is 17.5 Å². The maximum absolute atomic E-state index is 13.6. The molecule has 1 N–H and O–H groups in total. The molecule has 0 bridgehead atoms. The van der Waals surface area contributed by atoms with Gasteiger partial charge in [0.1, 0.15) is 5.69 Å². The Morgan fingerprint density at radius 2 is 1.80 bits per heavy atom. The first-order chi connectivity index (χ1) is 17.1. The van der Waals surface area contributed by atoms with E-state index in [9.17, 15) is 4.79 Å². The van der Waals surface area contributed by atoms with E-state index in [4.69, 9.17) is 21.1 Å². The Balaban J connectivity index is 1.65. The van der Waals surface area contributed by atoms with Crippen molar-refractivity contribution in [3.63, 3.8) is 0 Å². The summed E-state index contributed by atoms with van der Waals surface area (Å²) in [6.45, 7) is 5.30. The average molecular weight is 489 g/mol. The third-order valence-corrected chi connectivity index (χ3v) is 6.19. The second-order valence-electron chi connectivity index (χ2n) is 8.14. The van der Waals surface area contributed by atoms with Crippen LogP contribution in [-0.2, 0) is 6.54 Å². The van der Waals surface area contributed by atoms with Gasteiger partial charge in [0, 0.05) is 35.1 Å². The van der Waals surface area contributed by atoms with Gasteiger partial charge in [0.25, 0.3) is 5.91 Å². The minimum absolute atomic E-state index is 0.117. The number of hydrogen-bond acceptors (Lipinski definition) is 5. The van der Waals surface area contributed by atoms with Crippen LogP contribution < -0.4 is 9.47 Å². The van der Waals surface area contributed by atoms with Crippen molar-refractivity contribution in [3.8, 4) is 22.8 Å². The van der Waals surface area contributed by atoms with E-state index in [1.807, 2.05) is 73.3 Å². The van der Waals surface area contributed by atoms with Crippen LogP contribution in [0.25, 0.3) is 11.3 Å². The summed E-state index contributed by atoms with van der Waals surface area (Å²) >= 11 is 6.12. The monoisotopic (exact) mass is 488 g/mol. The van der Waals surface area contributed by atoms with Crippen LogP contribution in [0.15, 0.2) is 67.0 Å². The van der Waals surface area contributed by atoms with Crippen LogP contribution in [0, 0.1) is 0 Å². The minimum atomic E-state index is -0.378. The maximum Gasteiger partial charge on any atom is 0.273 e. The molecule has 0 spiro atoms. The SMILES string of the molecule is CCOc1ccc(C2c3c(-c4ccc(Cl)cc4)n[nH]c3C(=O)N2Cc2cccnc2)cc1OCC. The molecular weight excluding hydrogens is 464 g/mol. The van der Waals surface area contributed by atoms with Crippen molar-refractivity contribution in [2.75, 3.05) is 13.2 Å². The Morgan fingerprint density at radius 1 is 1.03 bits per heavy atom. The van der Waals surface area contributed by atoms with Crippen LogP contribution in [-0.4, -0.2) is 39.2 Å². The third kappa shape index (κ3) is 4.35. The molecule has 5 rings (SSSR count). The quantitative estimate of drug-likeness (QED) is 0.345. The van der Waals surface area contributed by atoms with Crippen molar-refractivity contribution in [3.05, 3.63) is 94.4 Å². The number of aromatic amines is 1. The van der Waals surface area contributed by atoms with E-state index < -0.39 is 0 Å². The van der Waals surface area contributed by atoms with E-state index in [1.54, 1.807) is 12.4 Å². The van der Waals surface area contributed by atoms with Crippen molar-refractivity contribution < 1.29 is 14.3 Å². The zero-order chi connectivity index (χ0) is 24.4. The van der Waals surface area contributed by atoms with E-state index in [1.165, 1.54) is 0 Å². The van der Waals surface area contributed by atoms with Gasteiger partial charge in [-0.3, -0.25) is 14.9 Å². The van der Waals surface area contributed by atoms with Gasteiger partial charge in [0.05, 0.1) is 24.9 Å². The lowest BCUT2D eigenvalue weighted by molar-refractivity contribution is 0.0729. The number of amides is 1. The average Bonchev–Trinajstić information content (AvgIpc) is 3.41. The molecule has 4 aromatic rings. The normalized spacial score (nSPS) is 14.8. The lowest BCUT2D eigenvalue weighted by Gasteiger charge is -2.27. The van der Waals surface area contributed by atoms with Crippen LogP contribution in [0.1, 0.15) is 47.1 Å². The van der Waals surface area contributed by atoms with Crippen LogP contribution in [0.4, 0.5) is 0 Å². The first kappa shape index (κ1) is 22.9. The van der Waals surface area contributed by atoms with E-state index in [0.717, 1.165) is 27.9 Å². The number of carbonyl (C=O) groups excluding carboxylic acids is 1. The summed E-state index contributed by atoms with van der Waals surface area (Å²) in [4.78, 5) is 19.7. The molecule has 0 radical (unpaired) electrons. The fourth-order valence-electron chi connectivity index (χ4n) is 4.46. The Bertz CT molecular complexity index is 1340. The van der Waals surface area contributed by atoms with Gasteiger partial charge >= 0.3 is 0 Å². The molecule has 1 aliphatic rings. The summed E-state index contributed by atoms with van der Waals surface area (Å²) in [6, 6.07) is 16.8. The Kier molecular flexibility index (Phi) is 6.42. The number of H-pyrrole nitrogens is 1. The predicted octanol–water partition coefficient (Wildman–Crippen LogP) is 5.67. The number of benzene rings is 2. The summed E-state index contributed by atoms with van der Waals surface area (Å²) in [6.07, 6.45) is 3.50.